The lowest BCUT2D eigenvalue weighted by Gasteiger charge is -2.34. The summed E-state index contributed by atoms with van der Waals surface area (Å²) < 4.78 is 5.16. The van der Waals surface area contributed by atoms with Gasteiger partial charge < -0.3 is 9.64 Å². The highest BCUT2D eigenvalue weighted by molar-refractivity contribution is 5.87. The lowest BCUT2D eigenvalue weighted by Crippen LogP contribution is -2.45. The van der Waals surface area contributed by atoms with E-state index in [2.05, 4.69) is 0 Å². The van der Waals surface area contributed by atoms with Crippen molar-refractivity contribution in [2.45, 2.75) is 38.5 Å². The van der Waals surface area contributed by atoms with Crippen molar-refractivity contribution in [2.75, 3.05) is 20.2 Å². The maximum atomic E-state index is 12.7. The summed E-state index contributed by atoms with van der Waals surface area (Å²) in [5.74, 6) is 1.06. The van der Waals surface area contributed by atoms with Crippen molar-refractivity contribution in [3.63, 3.8) is 0 Å². The number of amides is 1. The molecular weight excluding hydrogens is 238 g/mol. The molecule has 104 valence electrons. The van der Waals surface area contributed by atoms with Gasteiger partial charge in [0, 0.05) is 13.1 Å². The highest BCUT2D eigenvalue weighted by atomic mass is 16.5. The maximum Gasteiger partial charge on any atom is 0.232 e. The van der Waals surface area contributed by atoms with Crippen LogP contribution in [0.1, 0.15) is 38.7 Å². The van der Waals surface area contributed by atoms with Gasteiger partial charge in [-0.2, -0.15) is 0 Å². The smallest absolute Gasteiger partial charge is 0.232 e. The number of likely N-dealkylation sites (tertiary alicyclic amines) is 1. The summed E-state index contributed by atoms with van der Waals surface area (Å²) in [6, 6.07) is 7.81. The van der Waals surface area contributed by atoms with Crippen LogP contribution in [0.25, 0.3) is 0 Å². The number of hydrogen-bond donors (Lipinski definition) is 0. The predicted octanol–water partition coefficient (Wildman–Crippen LogP) is 2.99. The number of carbonyl (C=O) groups is 1. The van der Waals surface area contributed by atoms with Crippen molar-refractivity contribution in [1.29, 1.82) is 0 Å². The Labute approximate surface area is 115 Å². The molecule has 0 unspecified atom stereocenters. The second-order valence-electron chi connectivity index (χ2n) is 5.71. The minimum atomic E-state index is -0.469. The van der Waals surface area contributed by atoms with E-state index in [0.717, 1.165) is 37.2 Å². The van der Waals surface area contributed by atoms with Crippen LogP contribution in [-0.4, -0.2) is 31.0 Å². The van der Waals surface area contributed by atoms with Crippen LogP contribution in [0.15, 0.2) is 24.3 Å². The molecule has 1 heterocycles. The fourth-order valence-electron chi connectivity index (χ4n) is 2.62. The van der Waals surface area contributed by atoms with E-state index in [-0.39, 0.29) is 5.91 Å². The monoisotopic (exact) mass is 261 g/mol. The molecule has 1 fully saturated rings. The molecule has 0 saturated carbocycles. The van der Waals surface area contributed by atoms with Crippen LogP contribution in [0.2, 0.25) is 0 Å². The Balaban J connectivity index is 2.17. The van der Waals surface area contributed by atoms with Gasteiger partial charge in [-0.05, 0) is 50.8 Å². The average molecular weight is 261 g/mol. The van der Waals surface area contributed by atoms with Crippen molar-refractivity contribution < 1.29 is 9.53 Å². The van der Waals surface area contributed by atoms with Gasteiger partial charge in [-0.25, -0.2) is 0 Å². The first-order chi connectivity index (χ1) is 9.05. The minimum absolute atomic E-state index is 0.234. The summed E-state index contributed by atoms with van der Waals surface area (Å²) in [4.78, 5) is 14.7. The van der Waals surface area contributed by atoms with Crippen LogP contribution >= 0.6 is 0 Å². The molecular formula is C16H23NO2. The molecule has 1 aliphatic heterocycles. The summed E-state index contributed by atoms with van der Waals surface area (Å²) in [5.41, 5.74) is 0.577. The van der Waals surface area contributed by atoms with E-state index in [0.29, 0.717) is 0 Å². The predicted molar refractivity (Wildman–Crippen MR) is 76.5 cm³/mol. The number of carbonyl (C=O) groups excluding carboxylic acids is 1. The van der Waals surface area contributed by atoms with Crippen LogP contribution in [0, 0.1) is 0 Å². The van der Waals surface area contributed by atoms with Crippen molar-refractivity contribution >= 4 is 5.91 Å². The lowest BCUT2D eigenvalue weighted by atomic mass is 9.82. The third-order valence-corrected chi connectivity index (χ3v) is 3.99. The van der Waals surface area contributed by atoms with E-state index < -0.39 is 5.41 Å². The molecule has 1 aliphatic rings. The van der Waals surface area contributed by atoms with Crippen molar-refractivity contribution in [2.24, 2.45) is 0 Å². The molecule has 2 rings (SSSR count). The van der Waals surface area contributed by atoms with Crippen LogP contribution in [0.4, 0.5) is 0 Å². The molecule has 0 spiro atoms. The van der Waals surface area contributed by atoms with E-state index in [4.69, 9.17) is 4.74 Å². The molecule has 3 nitrogen and oxygen atoms in total. The molecule has 3 heteroatoms. The number of benzene rings is 1. The van der Waals surface area contributed by atoms with Gasteiger partial charge in [0.05, 0.1) is 12.5 Å². The largest absolute Gasteiger partial charge is 0.497 e. The van der Waals surface area contributed by atoms with E-state index in [1.165, 1.54) is 6.42 Å². The number of methoxy groups -OCH3 is 1. The number of nitrogens with zero attached hydrogens (tertiary/aromatic N) is 1. The van der Waals surface area contributed by atoms with Crippen LogP contribution < -0.4 is 4.74 Å². The van der Waals surface area contributed by atoms with E-state index in [1.54, 1.807) is 7.11 Å². The molecule has 0 N–H and O–H groups in total. The molecule has 1 aromatic carbocycles. The molecule has 0 aliphatic carbocycles. The van der Waals surface area contributed by atoms with Gasteiger partial charge in [0.15, 0.2) is 0 Å². The second-order valence-corrected chi connectivity index (χ2v) is 5.71. The van der Waals surface area contributed by atoms with Gasteiger partial charge in [-0.15, -0.1) is 0 Å². The zero-order valence-electron chi connectivity index (χ0n) is 12.1. The van der Waals surface area contributed by atoms with Gasteiger partial charge in [-0.3, -0.25) is 4.79 Å². The molecule has 1 saturated heterocycles. The highest BCUT2D eigenvalue weighted by Crippen LogP contribution is 2.28. The Kier molecular flexibility index (Phi) is 4.13. The molecule has 19 heavy (non-hydrogen) atoms. The van der Waals surface area contributed by atoms with Crippen molar-refractivity contribution in [3.8, 4) is 5.75 Å². The van der Waals surface area contributed by atoms with Gasteiger partial charge in [0.1, 0.15) is 5.75 Å². The van der Waals surface area contributed by atoms with Crippen LogP contribution in [-0.2, 0) is 10.2 Å². The number of piperidine rings is 1. The Morgan fingerprint density at radius 3 is 2.21 bits per heavy atom. The van der Waals surface area contributed by atoms with Gasteiger partial charge in [-0.1, -0.05) is 12.1 Å². The second kappa shape index (κ2) is 5.64. The molecule has 0 atom stereocenters. The standard InChI is InChI=1S/C16H23NO2/c1-16(2,13-7-9-14(19-3)10-8-13)15(18)17-11-5-4-6-12-17/h7-10H,4-6,11-12H2,1-3H3. The fraction of sp³-hybridized carbons (Fsp3) is 0.562. The minimum Gasteiger partial charge on any atom is -0.497 e. The van der Waals surface area contributed by atoms with Crippen LogP contribution in [0.3, 0.4) is 0 Å². The topological polar surface area (TPSA) is 29.5 Å². The SMILES string of the molecule is COc1ccc(C(C)(C)C(=O)N2CCCCC2)cc1. The first-order valence-electron chi connectivity index (χ1n) is 6.99. The Bertz CT molecular complexity index is 431. The van der Waals surface area contributed by atoms with Gasteiger partial charge in [0.25, 0.3) is 0 Å². The average Bonchev–Trinajstić information content (AvgIpc) is 2.47. The normalized spacial score (nSPS) is 16.3. The van der Waals surface area contributed by atoms with E-state index >= 15 is 0 Å². The number of rotatable bonds is 3. The lowest BCUT2D eigenvalue weighted by molar-refractivity contribution is -0.137. The van der Waals surface area contributed by atoms with Gasteiger partial charge >= 0.3 is 0 Å². The molecule has 1 aromatic rings. The first kappa shape index (κ1) is 13.9. The third kappa shape index (κ3) is 2.91. The summed E-state index contributed by atoms with van der Waals surface area (Å²) in [5, 5.41) is 0. The zero-order chi connectivity index (χ0) is 13.9. The first-order valence-corrected chi connectivity index (χ1v) is 6.99. The Morgan fingerprint density at radius 2 is 1.68 bits per heavy atom. The third-order valence-electron chi connectivity index (χ3n) is 3.99. The summed E-state index contributed by atoms with van der Waals surface area (Å²) in [7, 11) is 1.65. The van der Waals surface area contributed by atoms with Crippen molar-refractivity contribution in [3.05, 3.63) is 29.8 Å². The molecule has 0 bridgehead atoms. The van der Waals surface area contributed by atoms with Crippen LogP contribution in [0.5, 0.6) is 5.75 Å². The zero-order valence-corrected chi connectivity index (χ0v) is 12.1. The fourth-order valence-corrected chi connectivity index (χ4v) is 2.62. The number of ether oxygens (including phenoxy) is 1. The quantitative estimate of drug-likeness (QED) is 0.837. The van der Waals surface area contributed by atoms with Gasteiger partial charge in [0.2, 0.25) is 5.91 Å². The Hall–Kier alpha value is -1.51. The molecule has 0 aromatic heterocycles. The van der Waals surface area contributed by atoms with Crippen molar-refractivity contribution in [1.82, 2.24) is 4.90 Å². The summed E-state index contributed by atoms with van der Waals surface area (Å²) >= 11 is 0. The molecule has 1 amide bonds. The maximum absolute atomic E-state index is 12.7. The Morgan fingerprint density at radius 1 is 1.11 bits per heavy atom. The summed E-state index contributed by atoms with van der Waals surface area (Å²) in [6.45, 7) is 5.81. The van der Waals surface area contributed by atoms with E-state index in [1.807, 2.05) is 43.0 Å². The highest BCUT2D eigenvalue weighted by Gasteiger charge is 2.34. The molecule has 0 radical (unpaired) electrons. The summed E-state index contributed by atoms with van der Waals surface area (Å²) in [6.07, 6.45) is 3.50. The number of hydrogen-bond acceptors (Lipinski definition) is 2. The van der Waals surface area contributed by atoms with E-state index in [9.17, 15) is 4.79 Å².